The molecule has 2 aromatic carbocycles. The Morgan fingerprint density at radius 1 is 1.16 bits per heavy atom. The Balaban J connectivity index is 1.50. The fourth-order valence-electron chi connectivity index (χ4n) is 4.81. The van der Waals surface area contributed by atoms with Gasteiger partial charge in [0.25, 0.3) is 0 Å². The fourth-order valence-corrected chi connectivity index (χ4v) is 5.62. The average Bonchev–Trinajstić information content (AvgIpc) is 3.73. The SMILES string of the molecule is CCC(C)c1ccc(N(C(=O)Cn2nnc3ccccc32)C(C(=O)NCC2CCCO2)c2cccs2)cc1. The summed E-state index contributed by atoms with van der Waals surface area (Å²) in [5.74, 6) is -0.0779. The number of carbonyl (C=O) groups is 2. The second-order valence-corrected chi connectivity index (χ2v) is 10.7. The maximum atomic E-state index is 14.1. The van der Waals surface area contributed by atoms with Crippen LogP contribution in [0.2, 0.25) is 0 Å². The lowest BCUT2D eigenvalue weighted by Crippen LogP contribution is -2.46. The Morgan fingerprint density at radius 3 is 2.68 bits per heavy atom. The quantitative estimate of drug-likeness (QED) is 0.308. The van der Waals surface area contributed by atoms with E-state index < -0.39 is 6.04 Å². The Kier molecular flexibility index (Phi) is 8.14. The maximum absolute atomic E-state index is 14.1. The van der Waals surface area contributed by atoms with E-state index in [4.69, 9.17) is 4.74 Å². The lowest BCUT2D eigenvalue weighted by molar-refractivity contribution is -0.127. The van der Waals surface area contributed by atoms with Crippen LogP contribution >= 0.6 is 11.3 Å². The summed E-state index contributed by atoms with van der Waals surface area (Å²) in [5.41, 5.74) is 3.34. The van der Waals surface area contributed by atoms with Crippen LogP contribution in [-0.2, 0) is 20.9 Å². The van der Waals surface area contributed by atoms with Crippen LogP contribution in [0, 0.1) is 0 Å². The molecule has 38 heavy (non-hydrogen) atoms. The number of hydrogen-bond acceptors (Lipinski definition) is 6. The van der Waals surface area contributed by atoms with Crippen molar-refractivity contribution in [1.29, 1.82) is 0 Å². The molecule has 1 aliphatic heterocycles. The fraction of sp³-hybridized carbons (Fsp3) is 0.379. The first-order valence-electron chi connectivity index (χ1n) is 13.2. The Hall–Kier alpha value is -3.56. The van der Waals surface area contributed by atoms with Gasteiger partial charge in [-0.1, -0.05) is 49.4 Å². The second kappa shape index (κ2) is 11.9. The number of anilines is 1. The van der Waals surface area contributed by atoms with Crippen molar-refractivity contribution in [3.05, 3.63) is 76.5 Å². The highest BCUT2D eigenvalue weighted by atomic mass is 32.1. The molecule has 5 rings (SSSR count). The van der Waals surface area contributed by atoms with Crippen molar-refractivity contribution in [2.24, 2.45) is 0 Å². The number of nitrogens with zero attached hydrogens (tertiary/aromatic N) is 4. The molecule has 8 nitrogen and oxygen atoms in total. The van der Waals surface area contributed by atoms with Gasteiger partial charge in [0, 0.05) is 23.7 Å². The van der Waals surface area contributed by atoms with E-state index in [9.17, 15) is 9.59 Å². The molecular formula is C29H33N5O3S. The van der Waals surface area contributed by atoms with Crippen LogP contribution in [0.3, 0.4) is 0 Å². The van der Waals surface area contributed by atoms with E-state index in [-0.39, 0.29) is 24.5 Å². The smallest absolute Gasteiger partial charge is 0.249 e. The number of rotatable bonds is 10. The van der Waals surface area contributed by atoms with Crippen LogP contribution in [0.25, 0.3) is 11.0 Å². The van der Waals surface area contributed by atoms with E-state index in [1.165, 1.54) is 16.9 Å². The van der Waals surface area contributed by atoms with Crippen LogP contribution in [0.5, 0.6) is 0 Å². The van der Waals surface area contributed by atoms with Crippen LogP contribution in [0.1, 0.15) is 55.5 Å². The zero-order valence-corrected chi connectivity index (χ0v) is 22.6. The number of fused-ring (bicyclic) bond motifs is 1. The lowest BCUT2D eigenvalue weighted by Gasteiger charge is -2.31. The van der Waals surface area contributed by atoms with Crippen molar-refractivity contribution in [1.82, 2.24) is 20.3 Å². The number of para-hydroxylation sites is 1. The van der Waals surface area contributed by atoms with E-state index >= 15 is 0 Å². The first-order valence-corrected chi connectivity index (χ1v) is 14.1. The molecule has 1 fully saturated rings. The zero-order chi connectivity index (χ0) is 26.5. The molecule has 198 valence electrons. The van der Waals surface area contributed by atoms with Gasteiger partial charge in [0.05, 0.1) is 11.6 Å². The third-order valence-corrected chi connectivity index (χ3v) is 8.10. The highest BCUT2D eigenvalue weighted by Crippen LogP contribution is 2.32. The predicted octanol–water partition coefficient (Wildman–Crippen LogP) is 5.08. The van der Waals surface area contributed by atoms with Gasteiger partial charge in [0.15, 0.2) is 0 Å². The van der Waals surface area contributed by atoms with Gasteiger partial charge in [-0.15, -0.1) is 16.4 Å². The molecule has 0 radical (unpaired) electrons. The molecule has 0 aliphatic carbocycles. The first kappa shape index (κ1) is 26.1. The van der Waals surface area contributed by atoms with Gasteiger partial charge in [0.2, 0.25) is 11.8 Å². The van der Waals surface area contributed by atoms with Crippen LogP contribution in [0.4, 0.5) is 5.69 Å². The highest BCUT2D eigenvalue weighted by molar-refractivity contribution is 7.10. The number of benzene rings is 2. The normalized spacial score (nSPS) is 16.8. The van der Waals surface area contributed by atoms with Crippen molar-refractivity contribution in [3.63, 3.8) is 0 Å². The van der Waals surface area contributed by atoms with Crippen molar-refractivity contribution >= 4 is 39.9 Å². The van der Waals surface area contributed by atoms with Crippen LogP contribution in [0.15, 0.2) is 66.0 Å². The number of aromatic nitrogens is 3. The van der Waals surface area contributed by atoms with E-state index in [1.54, 1.807) is 9.58 Å². The molecule has 1 saturated heterocycles. The Labute approximate surface area is 226 Å². The molecule has 2 aromatic heterocycles. The first-order chi connectivity index (χ1) is 18.5. The minimum Gasteiger partial charge on any atom is -0.376 e. The summed E-state index contributed by atoms with van der Waals surface area (Å²) in [6.07, 6.45) is 2.94. The molecule has 3 unspecified atom stereocenters. The molecule has 0 bridgehead atoms. The summed E-state index contributed by atoms with van der Waals surface area (Å²) in [5, 5.41) is 13.4. The standard InChI is InChI=1S/C29H33N5O3S/c1-3-20(2)21-12-14-22(15-13-21)34(27(35)19-33-25-10-5-4-9-24(25)31-32-33)28(26-11-7-17-38-26)29(36)30-18-23-8-6-16-37-23/h4-5,7,9-15,17,20,23,28H,3,6,8,16,18-19H2,1-2H3,(H,30,36). The molecule has 0 saturated carbocycles. The van der Waals surface area contributed by atoms with Gasteiger partial charge >= 0.3 is 0 Å². The Morgan fingerprint density at radius 2 is 1.97 bits per heavy atom. The third-order valence-electron chi connectivity index (χ3n) is 7.17. The molecule has 3 heterocycles. The number of ether oxygens (including phenoxy) is 1. The van der Waals surface area contributed by atoms with Gasteiger partial charge in [-0.25, -0.2) is 4.68 Å². The van der Waals surface area contributed by atoms with Gasteiger partial charge < -0.3 is 10.1 Å². The molecule has 3 atom stereocenters. The number of amides is 2. The zero-order valence-electron chi connectivity index (χ0n) is 21.7. The van der Waals surface area contributed by atoms with Crippen molar-refractivity contribution in [2.75, 3.05) is 18.1 Å². The van der Waals surface area contributed by atoms with Crippen molar-refractivity contribution in [3.8, 4) is 0 Å². The number of carbonyl (C=O) groups excluding carboxylic acids is 2. The summed E-state index contributed by atoms with van der Waals surface area (Å²) in [6, 6.07) is 18.5. The predicted molar refractivity (Wildman–Crippen MR) is 149 cm³/mol. The summed E-state index contributed by atoms with van der Waals surface area (Å²) >= 11 is 1.46. The molecule has 4 aromatic rings. The summed E-state index contributed by atoms with van der Waals surface area (Å²) in [7, 11) is 0. The molecule has 0 spiro atoms. The van der Waals surface area contributed by atoms with Gasteiger partial charge in [-0.05, 0) is 66.5 Å². The molecular weight excluding hydrogens is 498 g/mol. The van der Waals surface area contributed by atoms with E-state index in [0.717, 1.165) is 29.7 Å². The monoisotopic (exact) mass is 531 g/mol. The molecule has 9 heteroatoms. The van der Waals surface area contributed by atoms with Crippen LogP contribution < -0.4 is 10.2 Å². The van der Waals surface area contributed by atoms with Crippen LogP contribution in [-0.4, -0.2) is 46.1 Å². The van der Waals surface area contributed by atoms with Gasteiger partial charge in [-0.3, -0.25) is 14.5 Å². The van der Waals surface area contributed by atoms with Gasteiger partial charge in [-0.2, -0.15) is 0 Å². The average molecular weight is 532 g/mol. The van der Waals surface area contributed by atoms with Gasteiger partial charge in [0.1, 0.15) is 18.1 Å². The highest BCUT2D eigenvalue weighted by Gasteiger charge is 2.34. The molecule has 1 aliphatic rings. The largest absolute Gasteiger partial charge is 0.376 e. The Bertz CT molecular complexity index is 1360. The minimum atomic E-state index is -0.826. The summed E-state index contributed by atoms with van der Waals surface area (Å²) < 4.78 is 7.30. The maximum Gasteiger partial charge on any atom is 0.249 e. The van der Waals surface area contributed by atoms with Crippen molar-refractivity contribution in [2.45, 2.75) is 57.7 Å². The van der Waals surface area contributed by atoms with Crippen molar-refractivity contribution < 1.29 is 14.3 Å². The number of nitrogens with one attached hydrogen (secondary N) is 1. The minimum absolute atomic E-state index is 0.00316. The summed E-state index contributed by atoms with van der Waals surface area (Å²) in [6.45, 7) is 5.43. The van der Waals surface area contributed by atoms with E-state index in [2.05, 4.69) is 29.5 Å². The number of hydrogen-bond donors (Lipinski definition) is 1. The topological polar surface area (TPSA) is 89.4 Å². The van der Waals surface area contributed by atoms with E-state index in [0.29, 0.717) is 30.3 Å². The molecule has 2 amide bonds. The second-order valence-electron chi connectivity index (χ2n) is 9.70. The third kappa shape index (κ3) is 5.63. The summed E-state index contributed by atoms with van der Waals surface area (Å²) in [4.78, 5) is 30.2. The number of thiophene rings is 1. The van der Waals surface area contributed by atoms with E-state index in [1.807, 2.05) is 66.0 Å². The lowest BCUT2D eigenvalue weighted by atomic mass is 9.98. The molecule has 1 N–H and O–H groups in total.